The average Bonchev–Trinajstić information content (AvgIpc) is 3.06. The van der Waals surface area contributed by atoms with Crippen molar-refractivity contribution in [3.05, 3.63) is 78.5 Å². The zero-order valence-corrected chi connectivity index (χ0v) is 17.2. The molecule has 2 heterocycles. The Morgan fingerprint density at radius 1 is 0.808 bits per heavy atom. The number of benzene rings is 3. The van der Waals surface area contributed by atoms with Crippen LogP contribution in [-0.4, -0.2) is 25.4 Å². The molecule has 0 atom stereocenters. The fourth-order valence-electron chi connectivity index (χ4n) is 3.70. The van der Waals surface area contributed by atoms with Crippen molar-refractivity contribution in [2.24, 2.45) is 0 Å². The number of hydrogen-bond acceptors (Lipinski definition) is 1. The van der Waals surface area contributed by atoms with Crippen molar-refractivity contribution in [2.45, 2.75) is 19.8 Å². The van der Waals surface area contributed by atoms with Crippen molar-refractivity contribution in [1.29, 1.82) is 0 Å². The second-order valence-corrected chi connectivity index (χ2v) is 10.1. The van der Waals surface area contributed by atoms with E-state index in [4.69, 9.17) is 4.98 Å². The summed E-state index contributed by atoms with van der Waals surface area (Å²) in [5.74, 6) is 0.540. The maximum absolute atomic E-state index is 4.81. The monoisotopic (exact) mass is 451 g/mol. The molecule has 0 aliphatic heterocycles. The van der Waals surface area contributed by atoms with E-state index in [0.717, 1.165) is 5.69 Å². The maximum atomic E-state index is 4.81. The minimum absolute atomic E-state index is 0.367. The third-order valence-corrected chi connectivity index (χ3v) is 8.60. The summed E-state index contributed by atoms with van der Waals surface area (Å²) in [6.45, 7) is 4.49. The van der Waals surface area contributed by atoms with Gasteiger partial charge in [-0.2, -0.15) is 0 Å². The van der Waals surface area contributed by atoms with E-state index in [1.54, 1.807) is 3.40 Å². The molecular formula is C24H19NTe. The first-order valence-electron chi connectivity index (χ1n) is 9.01. The van der Waals surface area contributed by atoms with E-state index < -0.39 is 0 Å². The van der Waals surface area contributed by atoms with Crippen LogP contribution in [0.1, 0.15) is 25.3 Å². The van der Waals surface area contributed by atoms with E-state index in [0.29, 0.717) is 5.92 Å². The summed E-state index contributed by atoms with van der Waals surface area (Å²) in [5, 5.41) is 5.39. The van der Waals surface area contributed by atoms with E-state index >= 15 is 0 Å². The normalized spacial score (nSPS) is 11.8. The number of fused-ring (bicyclic) bond motifs is 4. The van der Waals surface area contributed by atoms with Gasteiger partial charge in [0.15, 0.2) is 0 Å². The first kappa shape index (κ1) is 16.1. The summed E-state index contributed by atoms with van der Waals surface area (Å²) in [7, 11) is 0. The fourth-order valence-corrected chi connectivity index (χ4v) is 7.18. The molecule has 0 N–H and O–H groups in total. The molecule has 0 aliphatic carbocycles. The van der Waals surface area contributed by atoms with E-state index in [2.05, 4.69) is 80.6 Å². The van der Waals surface area contributed by atoms with Crippen molar-refractivity contribution in [3.63, 3.8) is 0 Å². The molecule has 5 rings (SSSR count). The SMILES string of the molecule is CC(C)c1ccc2c(-c3cccc4c3[te]c3ccccc34)nccc2c1. The molecule has 1 nitrogen and oxygen atoms in total. The summed E-state index contributed by atoms with van der Waals surface area (Å²) < 4.78 is 3.08. The third-order valence-electron chi connectivity index (χ3n) is 5.11. The Balaban J connectivity index is 1.83. The molecule has 126 valence electrons. The van der Waals surface area contributed by atoms with Gasteiger partial charge < -0.3 is 0 Å². The summed E-state index contributed by atoms with van der Waals surface area (Å²) in [6, 6.07) is 24.6. The molecule has 0 saturated heterocycles. The average molecular weight is 449 g/mol. The molecule has 0 spiro atoms. The molecule has 0 amide bonds. The van der Waals surface area contributed by atoms with Crippen molar-refractivity contribution < 1.29 is 0 Å². The first-order valence-corrected chi connectivity index (χ1v) is 11.3. The van der Waals surface area contributed by atoms with Crippen LogP contribution in [0.4, 0.5) is 0 Å². The van der Waals surface area contributed by atoms with Crippen LogP contribution < -0.4 is 0 Å². The van der Waals surface area contributed by atoms with Crippen LogP contribution in [0.3, 0.4) is 0 Å². The molecule has 2 aromatic heterocycles. The Bertz CT molecular complexity index is 1260. The molecule has 0 aliphatic rings. The van der Waals surface area contributed by atoms with Gasteiger partial charge >= 0.3 is 163 Å². The zero-order chi connectivity index (χ0) is 17.7. The Morgan fingerprint density at radius 2 is 1.65 bits per heavy atom. The Labute approximate surface area is 162 Å². The second-order valence-electron chi connectivity index (χ2n) is 7.08. The van der Waals surface area contributed by atoms with Gasteiger partial charge in [-0.1, -0.05) is 0 Å². The minimum atomic E-state index is -0.367. The standard InChI is InChI=1S/C24H19NTe/c1-15(2)16-10-11-18-17(14-16)12-13-25-23(18)21-8-5-7-20-19-6-3-4-9-22(19)26-24(20)21/h3-15H,1-2H3. The van der Waals surface area contributed by atoms with Crippen LogP contribution in [0, 0.1) is 0 Å². The van der Waals surface area contributed by atoms with Crippen LogP contribution in [0.2, 0.25) is 0 Å². The summed E-state index contributed by atoms with van der Waals surface area (Å²) in [5.41, 5.74) is 3.84. The van der Waals surface area contributed by atoms with Crippen molar-refractivity contribution >= 4 is 48.8 Å². The molecule has 0 saturated carbocycles. The predicted octanol–water partition coefficient (Wildman–Crippen LogP) is 6.39. The Morgan fingerprint density at radius 3 is 2.54 bits per heavy atom. The van der Waals surface area contributed by atoms with Crippen LogP contribution in [0.25, 0.3) is 39.6 Å². The van der Waals surface area contributed by atoms with Gasteiger partial charge in [0.2, 0.25) is 0 Å². The quantitative estimate of drug-likeness (QED) is 0.285. The molecule has 5 aromatic rings. The first-order chi connectivity index (χ1) is 12.7. The summed E-state index contributed by atoms with van der Waals surface area (Å²) in [4.78, 5) is 4.81. The molecule has 2 heteroatoms. The molecule has 0 radical (unpaired) electrons. The predicted molar refractivity (Wildman–Crippen MR) is 113 cm³/mol. The van der Waals surface area contributed by atoms with E-state index in [1.807, 2.05) is 6.20 Å². The van der Waals surface area contributed by atoms with Crippen LogP contribution in [-0.2, 0) is 0 Å². The van der Waals surface area contributed by atoms with E-state index in [1.165, 1.54) is 36.1 Å². The number of pyridine rings is 1. The number of rotatable bonds is 2. The molecular weight excluding hydrogens is 430 g/mol. The zero-order valence-electron chi connectivity index (χ0n) is 14.9. The number of hydrogen-bond donors (Lipinski definition) is 0. The van der Waals surface area contributed by atoms with Crippen LogP contribution >= 0.6 is 0 Å². The number of aromatic nitrogens is 1. The van der Waals surface area contributed by atoms with Gasteiger partial charge in [0.25, 0.3) is 0 Å². The van der Waals surface area contributed by atoms with Gasteiger partial charge in [0.05, 0.1) is 0 Å². The van der Waals surface area contributed by atoms with E-state index in [9.17, 15) is 0 Å². The fraction of sp³-hybridized carbons (Fsp3) is 0.125. The number of nitrogens with zero attached hydrogens (tertiary/aromatic N) is 1. The third kappa shape index (κ3) is 2.49. The van der Waals surface area contributed by atoms with Gasteiger partial charge in [0.1, 0.15) is 0 Å². The van der Waals surface area contributed by atoms with Crippen molar-refractivity contribution in [2.75, 3.05) is 0 Å². The van der Waals surface area contributed by atoms with E-state index in [-0.39, 0.29) is 20.4 Å². The van der Waals surface area contributed by atoms with Gasteiger partial charge in [-0.05, 0) is 0 Å². The van der Waals surface area contributed by atoms with Crippen LogP contribution in [0.5, 0.6) is 0 Å². The van der Waals surface area contributed by atoms with Crippen molar-refractivity contribution in [3.8, 4) is 11.3 Å². The summed E-state index contributed by atoms with van der Waals surface area (Å²) in [6.07, 6.45) is 1.96. The van der Waals surface area contributed by atoms with Crippen LogP contribution in [0.15, 0.2) is 72.9 Å². The van der Waals surface area contributed by atoms with Gasteiger partial charge in [-0.25, -0.2) is 0 Å². The van der Waals surface area contributed by atoms with Gasteiger partial charge in [-0.15, -0.1) is 0 Å². The molecule has 0 fully saturated rings. The molecule has 0 unspecified atom stereocenters. The Hall–Kier alpha value is -2.14. The topological polar surface area (TPSA) is 12.9 Å². The molecule has 0 bridgehead atoms. The van der Waals surface area contributed by atoms with Gasteiger partial charge in [-0.3, -0.25) is 0 Å². The summed E-state index contributed by atoms with van der Waals surface area (Å²) >= 11 is -0.367. The van der Waals surface area contributed by atoms with Crippen molar-refractivity contribution in [1.82, 2.24) is 4.98 Å². The van der Waals surface area contributed by atoms with Gasteiger partial charge in [0, 0.05) is 0 Å². The second kappa shape index (κ2) is 6.23. The Kier molecular flexibility index (Phi) is 3.85. The molecule has 3 aromatic carbocycles. The molecule has 26 heavy (non-hydrogen) atoms.